The third kappa shape index (κ3) is 5.64. The van der Waals surface area contributed by atoms with Gasteiger partial charge >= 0.3 is 6.36 Å². The van der Waals surface area contributed by atoms with Crippen molar-refractivity contribution < 1.29 is 31.1 Å². The predicted octanol–water partition coefficient (Wildman–Crippen LogP) is 3.92. The second-order valence-corrected chi connectivity index (χ2v) is 6.60. The molecule has 0 spiro atoms. The van der Waals surface area contributed by atoms with Crippen molar-refractivity contribution in [2.75, 3.05) is 11.3 Å². The van der Waals surface area contributed by atoms with E-state index in [0.717, 1.165) is 24.3 Å². The van der Waals surface area contributed by atoms with Crippen molar-refractivity contribution in [2.45, 2.75) is 24.8 Å². The smallest absolute Gasteiger partial charge is 0.406 e. The molecule has 0 bridgehead atoms. The summed E-state index contributed by atoms with van der Waals surface area (Å²) < 4.78 is 72.7. The summed E-state index contributed by atoms with van der Waals surface area (Å²) in [6.45, 7) is 2.52. The van der Waals surface area contributed by atoms with E-state index in [4.69, 9.17) is 4.74 Å². The Hall–Kier alpha value is -2.26. The van der Waals surface area contributed by atoms with Crippen LogP contribution in [0.15, 0.2) is 53.4 Å². The zero-order valence-corrected chi connectivity index (χ0v) is 14.0. The summed E-state index contributed by atoms with van der Waals surface area (Å²) in [5, 5.41) is 0. The molecule has 2 aromatic rings. The van der Waals surface area contributed by atoms with Crippen molar-refractivity contribution in [1.29, 1.82) is 0 Å². The van der Waals surface area contributed by atoms with Crippen molar-refractivity contribution >= 4 is 15.7 Å². The fourth-order valence-electron chi connectivity index (χ4n) is 1.98. The van der Waals surface area contributed by atoms with Crippen molar-refractivity contribution in [3.05, 3.63) is 54.1 Å². The number of benzene rings is 2. The number of nitrogens with one attached hydrogen (secondary N) is 1. The van der Waals surface area contributed by atoms with Crippen LogP contribution in [0.25, 0.3) is 0 Å². The topological polar surface area (TPSA) is 64.6 Å². The highest BCUT2D eigenvalue weighted by Gasteiger charge is 2.31. The van der Waals surface area contributed by atoms with Gasteiger partial charge in [-0.3, -0.25) is 4.72 Å². The molecular formula is C16H16F3NO4S. The van der Waals surface area contributed by atoms with E-state index in [2.05, 4.69) is 9.46 Å². The molecule has 136 valence electrons. The average Bonchev–Trinajstić information content (AvgIpc) is 2.53. The first-order valence-corrected chi connectivity index (χ1v) is 8.74. The second-order valence-electron chi connectivity index (χ2n) is 4.92. The Morgan fingerprint density at radius 2 is 1.68 bits per heavy atom. The average molecular weight is 375 g/mol. The molecule has 9 heteroatoms. The van der Waals surface area contributed by atoms with Crippen LogP contribution in [0.2, 0.25) is 0 Å². The minimum atomic E-state index is -4.84. The highest BCUT2D eigenvalue weighted by Crippen LogP contribution is 2.25. The van der Waals surface area contributed by atoms with Crippen LogP contribution in [0.1, 0.15) is 12.5 Å². The SMILES string of the molecule is CCOCc1ccccc1NS(=O)(=O)c1ccc(OC(F)(F)F)cc1. The van der Waals surface area contributed by atoms with Gasteiger partial charge in [0.1, 0.15) is 5.75 Å². The third-order valence-corrected chi connectivity index (χ3v) is 4.47. The first-order chi connectivity index (χ1) is 11.7. The van der Waals surface area contributed by atoms with Crippen molar-refractivity contribution in [1.82, 2.24) is 0 Å². The molecule has 0 saturated heterocycles. The molecule has 0 aliphatic rings. The third-order valence-electron chi connectivity index (χ3n) is 3.09. The lowest BCUT2D eigenvalue weighted by Gasteiger charge is -2.13. The first-order valence-electron chi connectivity index (χ1n) is 7.25. The molecule has 5 nitrogen and oxygen atoms in total. The summed E-state index contributed by atoms with van der Waals surface area (Å²) in [6, 6.07) is 10.6. The van der Waals surface area contributed by atoms with Gasteiger partial charge in [-0.25, -0.2) is 8.42 Å². The summed E-state index contributed by atoms with van der Waals surface area (Å²) in [4.78, 5) is -0.187. The van der Waals surface area contributed by atoms with Gasteiger partial charge in [0.2, 0.25) is 0 Å². The molecule has 0 fully saturated rings. The number of sulfonamides is 1. The second kappa shape index (κ2) is 7.75. The van der Waals surface area contributed by atoms with Crippen molar-refractivity contribution in [3.8, 4) is 5.75 Å². The van der Waals surface area contributed by atoms with Crippen LogP contribution in [0.3, 0.4) is 0 Å². The molecule has 0 atom stereocenters. The van der Waals surface area contributed by atoms with Crippen LogP contribution < -0.4 is 9.46 Å². The summed E-state index contributed by atoms with van der Waals surface area (Å²) in [6.07, 6.45) is -4.84. The number of hydrogen-bond donors (Lipinski definition) is 1. The molecule has 0 heterocycles. The molecule has 25 heavy (non-hydrogen) atoms. The number of hydrogen-bond acceptors (Lipinski definition) is 4. The van der Waals surface area contributed by atoms with Crippen LogP contribution >= 0.6 is 0 Å². The maximum Gasteiger partial charge on any atom is 0.573 e. The van der Waals surface area contributed by atoms with Gasteiger partial charge in [0.15, 0.2) is 0 Å². The van der Waals surface area contributed by atoms with Gasteiger partial charge in [0, 0.05) is 12.2 Å². The molecule has 0 amide bonds. The maximum absolute atomic E-state index is 12.4. The Labute approximate surface area is 143 Å². The van der Waals surface area contributed by atoms with E-state index in [1.807, 2.05) is 6.92 Å². The van der Waals surface area contributed by atoms with Gasteiger partial charge in [-0.1, -0.05) is 18.2 Å². The van der Waals surface area contributed by atoms with Gasteiger partial charge in [-0.15, -0.1) is 13.2 Å². The summed E-state index contributed by atoms with van der Waals surface area (Å²) in [5.74, 6) is -0.497. The summed E-state index contributed by atoms with van der Waals surface area (Å²) in [5.41, 5.74) is 0.983. The fraction of sp³-hybridized carbons (Fsp3) is 0.250. The number of halogens is 3. The lowest BCUT2D eigenvalue weighted by atomic mass is 10.2. The molecule has 2 rings (SSSR count). The van der Waals surface area contributed by atoms with Crippen LogP contribution in [-0.4, -0.2) is 21.4 Å². The monoisotopic (exact) mass is 375 g/mol. The van der Waals surface area contributed by atoms with E-state index in [1.54, 1.807) is 24.3 Å². The van der Waals surface area contributed by atoms with E-state index < -0.39 is 22.1 Å². The number of alkyl halides is 3. The molecule has 0 unspecified atom stereocenters. The Morgan fingerprint density at radius 1 is 1.04 bits per heavy atom. The molecule has 0 saturated carbocycles. The summed E-state index contributed by atoms with van der Waals surface area (Å²) in [7, 11) is -3.96. The Balaban J connectivity index is 2.19. The number of rotatable bonds is 7. The predicted molar refractivity (Wildman–Crippen MR) is 85.7 cm³/mol. The van der Waals surface area contributed by atoms with Gasteiger partial charge in [0.05, 0.1) is 17.2 Å². The molecule has 1 N–H and O–H groups in total. The van der Waals surface area contributed by atoms with E-state index in [1.165, 1.54) is 0 Å². The van der Waals surface area contributed by atoms with Crippen molar-refractivity contribution in [2.24, 2.45) is 0 Å². The fourth-order valence-corrected chi connectivity index (χ4v) is 3.08. The minimum Gasteiger partial charge on any atom is -0.406 e. The van der Waals surface area contributed by atoms with Gasteiger partial charge in [0.25, 0.3) is 10.0 Å². The van der Waals surface area contributed by atoms with Crippen LogP contribution in [0.4, 0.5) is 18.9 Å². The van der Waals surface area contributed by atoms with Crippen LogP contribution in [0.5, 0.6) is 5.75 Å². The molecule has 0 aromatic heterocycles. The van der Waals surface area contributed by atoms with Gasteiger partial charge < -0.3 is 9.47 Å². The van der Waals surface area contributed by atoms with Crippen LogP contribution in [-0.2, 0) is 21.4 Å². The number of para-hydroxylation sites is 1. The van der Waals surface area contributed by atoms with Crippen molar-refractivity contribution in [3.63, 3.8) is 0 Å². The lowest BCUT2D eigenvalue weighted by molar-refractivity contribution is -0.274. The number of ether oxygens (including phenoxy) is 2. The zero-order valence-electron chi connectivity index (χ0n) is 13.2. The quantitative estimate of drug-likeness (QED) is 0.797. The van der Waals surface area contributed by atoms with Gasteiger partial charge in [-0.05, 0) is 37.3 Å². The molecule has 0 aliphatic carbocycles. The summed E-state index contributed by atoms with van der Waals surface area (Å²) >= 11 is 0. The zero-order chi connectivity index (χ0) is 18.5. The van der Waals surface area contributed by atoms with E-state index in [0.29, 0.717) is 17.9 Å². The lowest BCUT2D eigenvalue weighted by Crippen LogP contribution is -2.17. The van der Waals surface area contributed by atoms with Gasteiger partial charge in [-0.2, -0.15) is 0 Å². The highest BCUT2D eigenvalue weighted by atomic mass is 32.2. The van der Waals surface area contributed by atoms with Crippen LogP contribution in [0, 0.1) is 0 Å². The largest absolute Gasteiger partial charge is 0.573 e. The van der Waals surface area contributed by atoms with E-state index in [-0.39, 0.29) is 11.5 Å². The Kier molecular flexibility index (Phi) is 5.91. The standard InChI is InChI=1S/C16H16F3NO4S/c1-2-23-11-12-5-3-4-6-15(12)20-25(21,22)14-9-7-13(8-10-14)24-16(17,18)19/h3-10,20H,2,11H2,1H3. The minimum absolute atomic E-state index is 0.187. The normalized spacial score (nSPS) is 12.0. The molecular weight excluding hydrogens is 359 g/mol. The Morgan fingerprint density at radius 3 is 2.28 bits per heavy atom. The molecule has 2 aromatic carbocycles. The molecule has 0 radical (unpaired) electrons. The van der Waals surface area contributed by atoms with E-state index >= 15 is 0 Å². The highest BCUT2D eigenvalue weighted by molar-refractivity contribution is 7.92. The first kappa shape index (κ1) is 19.1. The maximum atomic E-state index is 12.4. The van der Waals surface area contributed by atoms with E-state index in [9.17, 15) is 21.6 Å². The number of anilines is 1. The molecule has 0 aliphatic heterocycles. The Bertz CT molecular complexity index is 805.